The van der Waals surface area contributed by atoms with Crippen LogP contribution >= 0.6 is 11.6 Å². The van der Waals surface area contributed by atoms with Crippen molar-refractivity contribution in [2.75, 3.05) is 13.1 Å². The summed E-state index contributed by atoms with van der Waals surface area (Å²) in [4.78, 5) is 16.1. The van der Waals surface area contributed by atoms with Crippen LogP contribution in [0.15, 0.2) is 17.1 Å². The van der Waals surface area contributed by atoms with Gasteiger partial charge in [-0.3, -0.25) is 4.79 Å². The number of carbonyl (C=O) groups excluding carboxylic acids is 1. The first-order valence-electron chi connectivity index (χ1n) is 5.99. The zero-order valence-corrected chi connectivity index (χ0v) is 11.1. The number of allylic oxidation sites excluding steroid dienone is 1. The summed E-state index contributed by atoms with van der Waals surface area (Å²) in [6, 6.07) is 0. The Morgan fingerprint density at radius 1 is 1.53 bits per heavy atom. The number of alkyl halides is 1. The van der Waals surface area contributed by atoms with Crippen LogP contribution in [0.1, 0.15) is 26.7 Å². The van der Waals surface area contributed by atoms with Crippen molar-refractivity contribution in [3.8, 4) is 0 Å². The first kappa shape index (κ1) is 14.2. The summed E-state index contributed by atoms with van der Waals surface area (Å²) in [5, 5.41) is 6.07. The number of carbonyl (C=O) groups is 1. The Bertz CT molecular complexity index is 307. The maximum Gasteiger partial charge on any atom is 0.228 e. The van der Waals surface area contributed by atoms with Crippen LogP contribution in [0.4, 0.5) is 0 Å². The summed E-state index contributed by atoms with van der Waals surface area (Å²) in [5.74, 6) is 0.663. The van der Waals surface area contributed by atoms with Crippen molar-refractivity contribution < 1.29 is 4.79 Å². The molecule has 0 saturated carbocycles. The van der Waals surface area contributed by atoms with Crippen LogP contribution in [0, 0.1) is 5.92 Å². The Labute approximate surface area is 108 Å². The van der Waals surface area contributed by atoms with E-state index in [9.17, 15) is 4.79 Å². The van der Waals surface area contributed by atoms with E-state index in [1.165, 1.54) is 0 Å². The van der Waals surface area contributed by atoms with E-state index in [4.69, 9.17) is 11.6 Å². The van der Waals surface area contributed by atoms with Gasteiger partial charge in [0, 0.05) is 5.92 Å². The molecule has 17 heavy (non-hydrogen) atoms. The van der Waals surface area contributed by atoms with Crippen LogP contribution in [-0.2, 0) is 4.79 Å². The van der Waals surface area contributed by atoms with Crippen LogP contribution in [0.5, 0.6) is 0 Å². The van der Waals surface area contributed by atoms with E-state index in [0.29, 0.717) is 5.84 Å². The lowest BCUT2D eigenvalue weighted by Gasteiger charge is -2.21. The van der Waals surface area contributed by atoms with Crippen LogP contribution in [0.2, 0.25) is 0 Å². The predicted molar refractivity (Wildman–Crippen MR) is 71.3 cm³/mol. The molecule has 1 saturated heterocycles. The molecule has 2 N–H and O–H groups in total. The first-order valence-corrected chi connectivity index (χ1v) is 6.43. The molecule has 0 aromatic heterocycles. The van der Waals surface area contributed by atoms with Gasteiger partial charge >= 0.3 is 0 Å². The highest BCUT2D eigenvalue weighted by Crippen LogP contribution is 2.11. The van der Waals surface area contributed by atoms with E-state index >= 15 is 0 Å². The second-order valence-electron chi connectivity index (χ2n) is 4.10. The van der Waals surface area contributed by atoms with E-state index in [1.807, 2.05) is 13.0 Å². The molecule has 0 spiro atoms. The summed E-state index contributed by atoms with van der Waals surface area (Å²) >= 11 is 5.79. The number of rotatable bonds is 3. The number of aliphatic imine (C=N–C) groups is 1. The van der Waals surface area contributed by atoms with Crippen molar-refractivity contribution in [3.63, 3.8) is 0 Å². The highest BCUT2D eigenvalue weighted by Gasteiger charge is 2.21. The minimum absolute atomic E-state index is 0.0423. The third-order valence-electron chi connectivity index (χ3n) is 2.60. The molecule has 1 fully saturated rings. The standard InChI is InChI=1S/C12H20ClN3O/c1-3-4-11(15-9(2)13)16-12(17)10-5-7-14-8-6-10/h3-4,9-10,14H,5-8H2,1-2H3,(H,15,16,17)/b4-3-. The Hall–Kier alpha value is -0.870. The van der Waals surface area contributed by atoms with Gasteiger partial charge in [0.25, 0.3) is 0 Å². The SMILES string of the molecule is C/C=C\C(=N/C(C)Cl)NC(=O)C1CCNCC1. The molecule has 0 bridgehead atoms. The Morgan fingerprint density at radius 3 is 2.71 bits per heavy atom. The van der Waals surface area contributed by atoms with Crippen molar-refractivity contribution in [1.82, 2.24) is 10.6 Å². The molecule has 5 heteroatoms. The molecule has 1 heterocycles. The fourth-order valence-electron chi connectivity index (χ4n) is 1.78. The molecule has 1 atom stereocenters. The summed E-state index contributed by atoms with van der Waals surface area (Å²) in [6.45, 7) is 5.45. The Kier molecular flexibility index (Phi) is 6.22. The van der Waals surface area contributed by atoms with Crippen LogP contribution in [0.25, 0.3) is 0 Å². The number of nitrogens with zero attached hydrogens (tertiary/aromatic N) is 1. The molecule has 0 aromatic rings. The average molecular weight is 258 g/mol. The normalized spacial score (nSPS) is 20.5. The van der Waals surface area contributed by atoms with Crippen molar-refractivity contribution in [2.45, 2.75) is 32.2 Å². The second-order valence-corrected chi connectivity index (χ2v) is 4.73. The molecular formula is C12H20ClN3O. The molecule has 4 nitrogen and oxygen atoms in total. The van der Waals surface area contributed by atoms with Crippen molar-refractivity contribution >= 4 is 23.3 Å². The van der Waals surface area contributed by atoms with Gasteiger partial charge in [-0.2, -0.15) is 0 Å². The van der Waals surface area contributed by atoms with Gasteiger partial charge in [-0.1, -0.05) is 17.7 Å². The lowest BCUT2D eigenvalue weighted by atomic mass is 9.97. The molecule has 1 amide bonds. The summed E-state index contributed by atoms with van der Waals surface area (Å²) in [6.07, 6.45) is 5.36. The van der Waals surface area contributed by atoms with Gasteiger partial charge in [0.1, 0.15) is 11.3 Å². The fraction of sp³-hybridized carbons (Fsp3) is 0.667. The predicted octanol–water partition coefficient (Wildman–Crippen LogP) is 1.66. The van der Waals surface area contributed by atoms with Crippen LogP contribution in [0.3, 0.4) is 0 Å². The zero-order chi connectivity index (χ0) is 12.7. The molecule has 0 aliphatic carbocycles. The third-order valence-corrected chi connectivity index (χ3v) is 2.70. The number of amidine groups is 1. The van der Waals surface area contributed by atoms with E-state index < -0.39 is 0 Å². The van der Waals surface area contributed by atoms with Gasteiger partial charge in [0.05, 0.1) is 0 Å². The number of nitrogens with one attached hydrogen (secondary N) is 2. The maximum absolute atomic E-state index is 12.0. The summed E-state index contributed by atoms with van der Waals surface area (Å²) < 4.78 is 0. The lowest BCUT2D eigenvalue weighted by Crippen LogP contribution is -2.40. The minimum Gasteiger partial charge on any atom is -0.317 e. The van der Waals surface area contributed by atoms with Gasteiger partial charge in [-0.15, -0.1) is 0 Å². The molecule has 1 unspecified atom stereocenters. The van der Waals surface area contributed by atoms with Gasteiger partial charge in [-0.05, 0) is 45.9 Å². The quantitative estimate of drug-likeness (QED) is 0.350. The second kappa shape index (κ2) is 7.45. The number of amides is 1. The largest absolute Gasteiger partial charge is 0.317 e. The van der Waals surface area contributed by atoms with E-state index in [2.05, 4.69) is 15.6 Å². The van der Waals surface area contributed by atoms with Gasteiger partial charge in [0.15, 0.2) is 0 Å². The van der Waals surface area contributed by atoms with Crippen molar-refractivity contribution in [3.05, 3.63) is 12.2 Å². The van der Waals surface area contributed by atoms with Gasteiger partial charge in [-0.25, -0.2) is 4.99 Å². The Balaban J connectivity index is 2.57. The lowest BCUT2D eigenvalue weighted by molar-refractivity contribution is -0.124. The fourth-order valence-corrected chi connectivity index (χ4v) is 1.88. The summed E-state index contributed by atoms with van der Waals surface area (Å²) in [7, 11) is 0. The molecular weight excluding hydrogens is 238 g/mol. The number of halogens is 1. The summed E-state index contributed by atoms with van der Waals surface area (Å²) in [5.41, 5.74) is -0.338. The smallest absolute Gasteiger partial charge is 0.228 e. The van der Waals surface area contributed by atoms with E-state index in [-0.39, 0.29) is 17.3 Å². The first-order chi connectivity index (χ1) is 8.13. The van der Waals surface area contributed by atoms with Crippen LogP contribution < -0.4 is 10.6 Å². The molecule has 96 valence electrons. The average Bonchev–Trinajstić information content (AvgIpc) is 2.29. The van der Waals surface area contributed by atoms with Crippen LogP contribution in [-0.4, -0.2) is 30.3 Å². The van der Waals surface area contributed by atoms with Crippen molar-refractivity contribution in [2.24, 2.45) is 10.9 Å². The van der Waals surface area contributed by atoms with Gasteiger partial charge in [0.2, 0.25) is 5.91 Å². The molecule has 0 radical (unpaired) electrons. The van der Waals surface area contributed by atoms with E-state index in [1.54, 1.807) is 13.0 Å². The molecule has 1 aliphatic rings. The highest BCUT2D eigenvalue weighted by atomic mass is 35.5. The molecule has 0 aromatic carbocycles. The molecule has 1 aliphatic heterocycles. The third kappa shape index (κ3) is 5.33. The number of hydrogen-bond donors (Lipinski definition) is 2. The number of hydrogen-bond acceptors (Lipinski definition) is 3. The zero-order valence-electron chi connectivity index (χ0n) is 10.4. The Morgan fingerprint density at radius 2 is 2.18 bits per heavy atom. The highest BCUT2D eigenvalue weighted by molar-refractivity contribution is 6.21. The monoisotopic (exact) mass is 257 g/mol. The van der Waals surface area contributed by atoms with E-state index in [0.717, 1.165) is 25.9 Å². The van der Waals surface area contributed by atoms with Gasteiger partial charge < -0.3 is 10.6 Å². The minimum atomic E-state index is -0.338. The molecule has 1 rings (SSSR count). The van der Waals surface area contributed by atoms with Crippen molar-refractivity contribution in [1.29, 1.82) is 0 Å². The topological polar surface area (TPSA) is 53.5 Å². The maximum atomic E-state index is 12.0. The number of piperidine rings is 1.